The number of ether oxygens (including phenoxy) is 2. The Morgan fingerprint density at radius 1 is 1.27 bits per heavy atom. The minimum absolute atomic E-state index is 0. The van der Waals surface area contributed by atoms with Gasteiger partial charge in [-0.1, -0.05) is 31.1 Å². The molecule has 0 fully saturated rings. The molecule has 1 unspecified atom stereocenters. The number of nitrogens with zero attached hydrogens (tertiary/aromatic N) is 2. The first kappa shape index (κ1) is 20.3. The summed E-state index contributed by atoms with van der Waals surface area (Å²) < 4.78 is 16.9. The fourth-order valence-corrected chi connectivity index (χ4v) is 2.45. The molecule has 0 saturated carbocycles. The number of aromatic nitrogens is 1. The highest BCUT2D eigenvalue weighted by Gasteiger charge is 2.20. The standard InChI is InChI=1S/C18H24N4O3.HI/c1-12(2)15-8-13(25-22-15)9-20-18(19-3)21-10-14-11-23-16-6-4-5-7-17(16)24-14;/h4-8,12,14H,9-11H2,1-3H3,(H2,19,20,21);1H. The van der Waals surface area contributed by atoms with Gasteiger partial charge in [0.05, 0.1) is 18.8 Å². The fraction of sp³-hybridized carbons (Fsp3) is 0.444. The third-order valence-corrected chi connectivity index (χ3v) is 3.89. The van der Waals surface area contributed by atoms with Gasteiger partial charge in [0, 0.05) is 13.1 Å². The Hall–Kier alpha value is -1.97. The molecule has 0 radical (unpaired) electrons. The molecule has 2 N–H and O–H groups in total. The number of fused-ring (bicyclic) bond motifs is 1. The van der Waals surface area contributed by atoms with Gasteiger partial charge in [-0.25, -0.2) is 0 Å². The lowest BCUT2D eigenvalue weighted by Gasteiger charge is -2.27. The monoisotopic (exact) mass is 472 g/mol. The van der Waals surface area contributed by atoms with Gasteiger partial charge in [-0.05, 0) is 18.1 Å². The lowest BCUT2D eigenvalue weighted by atomic mass is 10.1. The Morgan fingerprint density at radius 3 is 2.73 bits per heavy atom. The highest BCUT2D eigenvalue weighted by atomic mass is 127. The molecule has 2 aromatic rings. The van der Waals surface area contributed by atoms with Crippen LogP contribution in [0.15, 0.2) is 39.8 Å². The van der Waals surface area contributed by atoms with E-state index in [1.807, 2.05) is 30.3 Å². The number of guanidine groups is 1. The van der Waals surface area contributed by atoms with E-state index in [1.54, 1.807) is 7.05 Å². The van der Waals surface area contributed by atoms with Crippen molar-refractivity contribution in [2.24, 2.45) is 4.99 Å². The van der Waals surface area contributed by atoms with E-state index < -0.39 is 0 Å². The van der Waals surface area contributed by atoms with E-state index in [2.05, 4.69) is 34.6 Å². The maximum absolute atomic E-state index is 5.92. The minimum atomic E-state index is -0.0775. The molecular weight excluding hydrogens is 447 g/mol. The Labute approximate surface area is 170 Å². The first-order valence-electron chi connectivity index (χ1n) is 8.44. The molecule has 8 heteroatoms. The molecule has 0 bridgehead atoms. The van der Waals surface area contributed by atoms with Gasteiger partial charge in [0.15, 0.2) is 23.2 Å². The summed E-state index contributed by atoms with van der Waals surface area (Å²) in [6.45, 7) is 5.77. The number of aliphatic imine (C=N–C) groups is 1. The van der Waals surface area contributed by atoms with Crippen LogP contribution in [0.3, 0.4) is 0 Å². The van der Waals surface area contributed by atoms with Crippen LogP contribution in [0.2, 0.25) is 0 Å². The summed E-state index contributed by atoms with van der Waals surface area (Å²) >= 11 is 0. The van der Waals surface area contributed by atoms with Gasteiger partial charge in [-0.2, -0.15) is 0 Å². The van der Waals surface area contributed by atoms with Crippen molar-refractivity contribution < 1.29 is 14.0 Å². The Balaban J connectivity index is 0.00000243. The summed E-state index contributed by atoms with van der Waals surface area (Å²) in [6.07, 6.45) is -0.0775. The average molecular weight is 472 g/mol. The molecule has 3 rings (SSSR count). The molecule has 142 valence electrons. The zero-order chi connectivity index (χ0) is 17.6. The van der Waals surface area contributed by atoms with E-state index in [0.29, 0.717) is 31.6 Å². The first-order chi connectivity index (χ1) is 12.2. The molecule has 1 aromatic carbocycles. The minimum Gasteiger partial charge on any atom is -0.486 e. The van der Waals surface area contributed by atoms with Crippen molar-refractivity contribution in [3.63, 3.8) is 0 Å². The van der Waals surface area contributed by atoms with E-state index in [0.717, 1.165) is 23.0 Å². The summed E-state index contributed by atoms with van der Waals surface area (Å²) in [6, 6.07) is 9.63. The third kappa shape index (κ3) is 5.26. The Bertz CT molecular complexity index is 733. The number of rotatable bonds is 5. The number of para-hydroxylation sites is 2. The zero-order valence-corrected chi connectivity index (χ0v) is 17.5. The van der Waals surface area contributed by atoms with Crippen molar-refractivity contribution in [2.45, 2.75) is 32.4 Å². The second kappa shape index (κ2) is 9.65. The molecule has 0 spiro atoms. The molecule has 26 heavy (non-hydrogen) atoms. The molecule has 0 amide bonds. The van der Waals surface area contributed by atoms with Crippen LogP contribution in [0, 0.1) is 0 Å². The first-order valence-corrected chi connectivity index (χ1v) is 8.44. The van der Waals surface area contributed by atoms with Gasteiger partial charge in [-0.3, -0.25) is 4.99 Å². The zero-order valence-electron chi connectivity index (χ0n) is 15.2. The largest absolute Gasteiger partial charge is 0.486 e. The molecule has 0 saturated heterocycles. The van der Waals surface area contributed by atoms with Crippen LogP contribution in [0.25, 0.3) is 0 Å². The second-order valence-corrected chi connectivity index (χ2v) is 6.18. The molecule has 2 heterocycles. The summed E-state index contributed by atoms with van der Waals surface area (Å²) in [7, 11) is 1.72. The molecule has 0 aliphatic carbocycles. The van der Waals surface area contributed by atoms with E-state index >= 15 is 0 Å². The van der Waals surface area contributed by atoms with Crippen molar-refractivity contribution in [3.05, 3.63) is 41.8 Å². The number of nitrogens with one attached hydrogen (secondary N) is 2. The molecule has 1 aliphatic rings. The van der Waals surface area contributed by atoms with Crippen LogP contribution in [0.5, 0.6) is 11.5 Å². The highest BCUT2D eigenvalue weighted by Crippen LogP contribution is 2.30. The molecule has 1 aromatic heterocycles. The van der Waals surface area contributed by atoms with E-state index in [1.165, 1.54) is 0 Å². The normalized spacial score (nSPS) is 16.2. The van der Waals surface area contributed by atoms with Crippen LogP contribution in [-0.4, -0.2) is 37.4 Å². The maximum atomic E-state index is 5.92. The van der Waals surface area contributed by atoms with E-state index in [9.17, 15) is 0 Å². The number of hydrogen-bond donors (Lipinski definition) is 2. The predicted molar refractivity (Wildman–Crippen MR) is 111 cm³/mol. The van der Waals surface area contributed by atoms with Gasteiger partial charge in [0.1, 0.15) is 12.7 Å². The van der Waals surface area contributed by atoms with Gasteiger partial charge in [0.2, 0.25) is 0 Å². The number of halogens is 1. The van der Waals surface area contributed by atoms with Crippen LogP contribution < -0.4 is 20.1 Å². The number of benzene rings is 1. The maximum Gasteiger partial charge on any atom is 0.191 e. The second-order valence-electron chi connectivity index (χ2n) is 6.18. The van der Waals surface area contributed by atoms with Crippen molar-refractivity contribution in [1.29, 1.82) is 0 Å². The van der Waals surface area contributed by atoms with Crippen LogP contribution in [0.1, 0.15) is 31.2 Å². The lowest BCUT2D eigenvalue weighted by Crippen LogP contribution is -2.45. The van der Waals surface area contributed by atoms with E-state index in [4.69, 9.17) is 14.0 Å². The summed E-state index contributed by atoms with van der Waals surface area (Å²) in [5.74, 6) is 3.35. The van der Waals surface area contributed by atoms with Gasteiger partial charge in [0.25, 0.3) is 0 Å². The van der Waals surface area contributed by atoms with Crippen molar-refractivity contribution >= 4 is 29.9 Å². The van der Waals surface area contributed by atoms with Gasteiger partial charge >= 0.3 is 0 Å². The van der Waals surface area contributed by atoms with Crippen molar-refractivity contribution in [3.8, 4) is 11.5 Å². The molecular formula is C18H25IN4O3. The SMILES string of the molecule is CN=C(NCc1cc(C(C)C)no1)NCC1COc2ccccc2O1.I. The fourth-order valence-electron chi connectivity index (χ4n) is 2.45. The van der Waals surface area contributed by atoms with Gasteiger partial charge < -0.3 is 24.6 Å². The summed E-state index contributed by atoms with van der Waals surface area (Å²) in [4.78, 5) is 4.21. The molecule has 1 aliphatic heterocycles. The van der Waals surface area contributed by atoms with Crippen molar-refractivity contribution in [2.75, 3.05) is 20.2 Å². The summed E-state index contributed by atoms with van der Waals surface area (Å²) in [5.41, 5.74) is 0.950. The topological polar surface area (TPSA) is 80.9 Å². The number of hydrogen-bond acceptors (Lipinski definition) is 5. The van der Waals surface area contributed by atoms with E-state index in [-0.39, 0.29) is 30.1 Å². The highest BCUT2D eigenvalue weighted by molar-refractivity contribution is 14.0. The van der Waals surface area contributed by atoms with Crippen LogP contribution in [-0.2, 0) is 6.54 Å². The molecule has 7 nitrogen and oxygen atoms in total. The molecule has 1 atom stereocenters. The smallest absolute Gasteiger partial charge is 0.191 e. The van der Waals surface area contributed by atoms with Gasteiger partial charge in [-0.15, -0.1) is 24.0 Å². The Kier molecular flexibility index (Phi) is 7.55. The third-order valence-electron chi connectivity index (χ3n) is 3.89. The predicted octanol–water partition coefficient (Wildman–Crippen LogP) is 2.92. The van der Waals surface area contributed by atoms with Crippen LogP contribution in [0.4, 0.5) is 0 Å². The van der Waals surface area contributed by atoms with Crippen LogP contribution >= 0.6 is 24.0 Å². The quantitative estimate of drug-likeness (QED) is 0.396. The Morgan fingerprint density at radius 2 is 2.04 bits per heavy atom. The average Bonchev–Trinajstić information content (AvgIpc) is 3.11. The van der Waals surface area contributed by atoms with Crippen molar-refractivity contribution in [1.82, 2.24) is 15.8 Å². The lowest BCUT2D eigenvalue weighted by molar-refractivity contribution is 0.0936. The summed E-state index contributed by atoms with van der Waals surface area (Å²) in [5, 5.41) is 10.5.